The number of alkyl halides is 1. The van der Waals surface area contributed by atoms with Crippen LogP contribution in [0.5, 0.6) is 5.75 Å². The number of nitro groups is 1. The highest BCUT2D eigenvalue weighted by atomic mass is 35.5. The van der Waals surface area contributed by atoms with E-state index in [4.69, 9.17) is 26.1 Å². The molecular weight excluding hydrogens is 521 g/mol. The monoisotopic (exact) mass is 539 g/mol. The van der Waals surface area contributed by atoms with Gasteiger partial charge in [0.2, 0.25) is 15.8 Å². The number of hydrogen-bond donors (Lipinski definition) is 2. The Labute approximate surface area is 187 Å². The maximum atomic E-state index is 12.5. The average Bonchev–Trinajstić information content (AvgIpc) is 2.57. The smallest absolute Gasteiger partial charge is 0.440 e. The molecule has 1 atom stereocenters. The number of hydrogen-bond acceptors (Lipinski definition) is 10. The van der Waals surface area contributed by atoms with Crippen molar-refractivity contribution < 1.29 is 50.2 Å². The summed E-state index contributed by atoms with van der Waals surface area (Å²) in [7, 11) is -14.0. The van der Waals surface area contributed by atoms with Crippen molar-refractivity contribution in [2.24, 2.45) is 0 Å². The van der Waals surface area contributed by atoms with E-state index in [1.54, 1.807) is 0 Å². The minimum Gasteiger partial charge on any atom is -0.440 e. The topological polar surface area (TPSA) is 211 Å². The SMILES string of the molecule is CC(OC(=O)N(N(CCCl)S(C)(=O)=O)S(C)(=O)=O)c1ccc([N+](=O)[O-])c(OP(=O)(O)O)c1. The van der Waals surface area contributed by atoms with Gasteiger partial charge in [-0.2, -0.15) is 0 Å². The molecule has 0 aliphatic rings. The Morgan fingerprint density at radius 2 is 1.81 bits per heavy atom. The lowest BCUT2D eigenvalue weighted by Crippen LogP contribution is -2.52. The largest absolute Gasteiger partial charge is 0.525 e. The molecule has 0 radical (unpaired) electrons. The zero-order valence-electron chi connectivity index (χ0n) is 16.7. The van der Waals surface area contributed by atoms with Crippen molar-refractivity contribution in [1.82, 2.24) is 8.83 Å². The van der Waals surface area contributed by atoms with Gasteiger partial charge in [-0.15, -0.1) is 16.0 Å². The average molecular weight is 540 g/mol. The summed E-state index contributed by atoms with van der Waals surface area (Å²) in [6.07, 6.45) is -1.84. The molecule has 1 aromatic carbocycles. The molecule has 0 spiro atoms. The van der Waals surface area contributed by atoms with Crippen molar-refractivity contribution in [2.75, 3.05) is 24.9 Å². The van der Waals surface area contributed by atoms with Crippen LogP contribution in [0.1, 0.15) is 18.6 Å². The van der Waals surface area contributed by atoms with Crippen molar-refractivity contribution in [3.63, 3.8) is 0 Å². The predicted molar refractivity (Wildman–Crippen MR) is 110 cm³/mol. The van der Waals surface area contributed by atoms with Crippen molar-refractivity contribution in [1.29, 1.82) is 0 Å². The number of ether oxygens (including phenoxy) is 1. The van der Waals surface area contributed by atoms with Gasteiger partial charge in [-0.05, 0) is 24.6 Å². The lowest BCUT2D eigenvalue weighted by Gasteiger charge is -2.30. The molecule has 1 aromatic rings. The molecule has 19 heteroatoms. The van der Waals surface area contributed by atoms with E-state index in [0.717, 1.165) is 18.2 Å². The van der Waals surface area contributed by atoms with E-state index in [9.17, 15) is 36.3 Å². The predicted octanol–water partition coefficient (Wildman–Crippen LogP) is 0.941. The summed E-state index contributed by atoms with van der Waals surface area (Å²) in [5, 5.41) is 11.0. The van der Waals surface area contributed by atoms with E-state index in [0.29, 0.717) is 12.5 Å². The summed E-state index contributed by atoms with van der Waals surface area (Å²) >= 11 is 5.50. The number of nitro benzene ring substituents is 1. The van der Waals surface area contributed by atoms with Gasteiger partial charge >= 0.3 is 19.6 Å². The first-order valence-electron chi connectivity index (χ1n) is 8.16. The standard InChI is InChI=1S/C13H19ClN3O12PS2/c1-9(10-4-5-11(17(19)20)12(8-10)29-30(21,22)23)28-13(18)16(32(3,26)27)15(7-6-14)31(2,24)25/h4-5,8-9H,6-7H2,1-3H3,(H2,21,22,23). The molecule has 0 aromatic heterocycles. The Morgan fingerprint density at radius 3 is 2.22 bits per heavy atom. The Morgan fingerprint density at radius 1 is 1.25 bits per heavy atom. The zero-order chi connectivity index (χ0) is 25.1. The van der Waals surface area contributed by atoms with E-state index in [-0.39, 0.29) is 20.3 Å². The molecule has 0 bridgehead atoms. The maximum Gasteiger partial charge on any atom is 0.525 e. The number of carbonyl (C=O) groups is 1. The zero-order valence-corrected chi connectivity index (χ0v) is 20.0. The molecular formula is C13H19ClN3O12PS2. The molecule has 0 saturated heterocycles. The minimum atomic E-state index is -5.19. The number of hydrazine groups is 1. The molecule has 0 heterocycles. The molecule has 0 aliphatic heterocycles. The number of sulfonamides is 2. The first-order valence-corrected chi connectivity index (χ1v) is 13.9. The summed E-state index contributed by atoms with van der Waals surface area (Å²) < 4.78 is 68.4. The quantitative estimate of drug-likeness (QED) is 0.184. The van der Waals surface area contributed by atoms with Gasteiger partial charge in [0.25, 0.3) is 10.0 Å². The fraction of sp³-hybridized carbons (Fsp3) is 0.462. The number of carbonyl (C=O) groups excluding carboxylic acids is 1. The number of benzene rings is 1. The van der Waals surface area contributed by atoms with Crippen molar-refractivity contribution in [3.8, 4) is 5.75 Å². The van der Waals surface area contributed by atoms with Crippen LogP contribution in [0.4, 0.5) is 10.5 Å². The van der Waals surface area contributed by atoms with Crippen LogP contribution in [-0.2, 0) is 29.3 Å². The van der Waals surface area contributed by atoms with Crippen molar-refractivity contribution in [3.05, 3.63) is 33.9 Å². The van der Waals surface area contributed by atoms with Crippen LogP contribution >= 0.6 is 19.4 Å². The summed E-state index contributed by atoms with van der Waals surface area (Å²) in [6, 6.07) is 2.67. The van der Waals surface area contributed by atoms with Crippen molar-refractivity contribution >= 4 is 51.3 Å². The van der Waals surface area contributed by atoms with Gasteiger partial charge in [0.1, 0.15) is 6.10 Å². The van der Waals surface area contributed by atoms with E-state index >= 15 is 0 Å². The van der Waals surface area contributed by atoms with E-state index in [1.807, 2.05) is 0 Å². The molecule has 15 nitrogen and oxygen atoms in total. The maximum absolute atomic E-state index is 12.5. The number of phosphoric acid groups is 1. The van der Waals surface area contributed by atoms with Crippen LogP contribution in [0.2, 0.25) is 0 Å². The Balaban J connectivity index is 3.35. The Hall–Kier alpha value is -2.01. The number of nitrogens with zero attached hydrogens (tertiary/aromatic N) is 3. The third-order valence-electron chi connectivity index (χ3n) is 3.48. The number of halogens is 1. The summed E-state index contributed by atoms with van der Waals surface area (Å²) in [6.45, 7) is 0.599. The van der Waals surface area contributed by atoms with Gasteiger partial charge in [-0.1, -0.05) is 4.41 Å². The fourth-order valence-corrected chi connectivity index (χ4v) is 5.13. The molecule has 1 amide bonds. The van der Waals surface area contributed by atoms with Gasteiger partial charge in [-0.25, -0.2) is 26.2 Å². The van der Waals surface area contributed by atoms with Crippen LogP contribution in [-0.4, -0.2) is 71.4 Å². The molecule has 1 rings (SSSR count). The van der Waals surface area contributed by atoms with E-state index in [1.165, 1.54) is 6.92 Å². The number of phosphoric ester groups is 1. The highest BCUT2D eigenvalue weighted by Gasteiger charge is 2.38. The highest BCUT2D eigenvalue weighted by molar-refractivity contribution is 7.91. The first kappa shape index (κ1) is 28.0. The molecule has 182 valence electrons. The molecule has 0 fully saturated rings. The van der Waals surface area contributed by atoms with Crippen LogP contribution in [0, 0.1) is 10.1 Å². The summed E-state index contributed by atoms with van der Waals surface area (Å²) in [4.78, 5) is 40.5. The normalized spacial score (nSPS) is 13.5. The molecule has 1 unspecified atom stereocenters. The first-order chi connectivity index (χ1) is 14.4. The van der Waals surface area contributed by atoms with Crippen LogP contribution in [0.25, 0.3) is 0 Å². The van der Waals surface area contributed by atoms with E-state index < -0.39 is 63.0 Å². The van der Waals surface area contributed by atoms with Gasteiger partial charge in [0, 0.05) is 18.5 Å². The van der Waals surface area contributed by atoms with E-state index in [2.05, 4.69) is 4.52 Å². The number of amides is 1. The summed E-state index contributed by atoms with van der Waals surface area (Å²) in [5.74, 6) is -1.21. The third kappa shape index (κ3) is 7.84. The lowest BCUT2D eigenvalue weighted by atomic mass is 10.1. The molecule has 32 heavy (non-hydrogen) atoms. The number of rotatable bonds is 10. The summed E-state index contributed by atoms with van der Waals surface area (Å²) in [5.41, 5.74) is -0.900. The van der Waals surface area contributed by atoms with Gasteiger partial charge in [-0.3, -0.25) is 19.9 Å². The van der Waals surface area contributed by atoms with Gasteiger partial charge in [0.05, 0.1) is 17.4 Å². The van der Waals surface area contributed by atoms with Crippen LogP contribution in [0.3, 0.4) is 0 Å². The second-order valence-corrected chi connectivity index (χ2v) is 11.3. The fourth-order valence-electron chi connectivity index (χ4n) is 2.26. The Kier molecular flexibility index (Phi) is 9.01. The third-order valence-corrected chi connectivity index (χ3v) is 6.27. The van der Waals surface area contributed by atoms with Gasteiger partial charge in [0.15, 0.2) is 0 Å². The van der Waals surface area contributed by atoms with Crippen LogP contribution in [0.15, 0.2) is 18.2 Å². The minimum absolute atomic E-state index is 0.0934. The lowest BCUT2D eigenvalue weighted by molar-refractivity contribution is -0.385. The molecule has 0 saturated carbocycles. The second-order valence-electron chi connectivity index (χ2n) is 6.10. The van der Waals surface area contributed by atoms with Crippen molar-refractivity contribution in [2.45, 2.75) is 13.0 Å². The Bertz CT molecular complexity index is 1140. The van der Waals surface area contributed by atoms with Crippen LogP contribution < -0.4 is 4.52 Å². The molecule has 0 aliphatic carbocycles. The van der Waals surface area contributed by atoms with Gasteiger partial charge < -0.3 is 9.26 Å². The highest BCUT2D eigenvalue weighted by Crippen LogP contribution is 2.42. The molecule has 2 N–H and O–H groups in total. The second kappa shape index (κ2) is 10.3.